The molecule has 0 bridgehead atoms. The highest BCUT2D eigenvalue weighted by atomic mass is 16.2. The van der Waals surface area contributed by atoms with Gasteiger partial charge in [0.2, 0.25) is 5.91 Å². The van der Waals surface area contributed by atoms with Crippen molar-refractivity contribution in [2.24, 2.45) is 11.8 Å². The number of benzene rings is 1. The topological polar surface area (TPSA) is 41.4 Å². The molecule has 1 aliphatic carbocycles. The molecule has 1 unspecified atom stereocenters. The van der Waals surface area contributed by atoms with Gasteiger partial charge in [-0.2, -0.15) is 0 Å². The number of fused-ring (bicyclic) bond motifs is 1. The second-order valence-corrected chi connectivity index (χ2v) is 8.88. The van der Waals surface area contributed by atoms with E-state index in [0.717, 1.165) is 57.2 Å². The van der Waals surface area contributed by atoms with Crippen LogP contribution in [0.2, 0.25) is 0 Å². The maximum Gasteiger partial charge on any atom is 0.225 e. The van der Waals surface area contributed by atoms with Gasteiger partial charge in [-0.1, -0.05) is 37.3 Å². The second-order valence-electron chi connectivity index (χ2n) is 8.88. The number of imidazole rings is 1. The van der Waals surface area contributed by atoms with Crippen LogP contribution in [0.3, 0.4) is 0 Å². The van der Waals surface area contributed by atoms with Crippen molar-refractivity contribution in [3.05, 3.63) is 42.4 Å². The van der Waals surface area contributed by atoms with Gasteiger partial charge in [0.25, 0.3) is 0 Å². The van der Waals surface area contributed by atoms with E-state index in [1.165, 1.54) is 11.3 Å². The van der Waals surface area contributed by atoms with E-state index < -0.39 is 0 Å². The van der Waals surface area contributed by atoms with Gasteiger partial charge in [0.05, 0.1) is 24.0 Å². The van der Waals surface area contributed by atoms with E-state index in [1.54, 1.807) is 0 Å². The molecule has 2 aromatic rings. The Balaban J connectivity index is 1.40. The summed E-state index contributed by atoms with van der Waals surface area (Å²) in [7, 11) is 2.19. The summed E-state index contributed by atoms with van der Waals surface area (Å²) in [6, 6.07) is 10.5. The number of rotatable bonds is 2. The van der Waals surface area contributed by atoms with Crippen LogP contribution >= 0.6 is 0 Å². The quantitative estimate of drug-likeness (QED) is 0.823. The van der Waals surface area contributed by atoms with Crippen LogP contribution in [0.4, 0.5) is 0 Å². The van der Waals surface area contributed by atoms with Crippen molar-refractivity contribution in [1.82, 2.24) is 19.4 Å². The Kier molecular flexibility index (Phi) is 3.90. The Hall–Kier alpha value is -2.14. The second kappa shape index (κ2) is 6.20. The molecule has 2 fully saturated rings. The van der Waals surface area contributed by atoms with Crippen LogP contribution in [0.5, 0.6) is 0 Å². The predicted octanol–water partition coefficient (Wildman–Crippen LogP) is 3.01. The summed E-state index contributed by atoms with van der Waals surface area (Å²) in [6.45, 7) is 5.73. The van der Waals surface area contributed by atoms with Crippen LogP contribution in [-0.4, -0.2) is 50.9 Å². The van der Waals surface area contributed by atoms with Crippen molar-refractivity contribution in [2.45, 2.75) is 44.8 Å². The van der Waals surface area contributed by atoms with Gasteiger partial charge in [0.1, 0.15) is 5.82 Å². The van der Waals surface area contributed by atoms with E-state index in [0.29, 0.717) is 5.91 Å². The van der Waals surface area contributed by atoms with Gasteiger partial charge < -0.3 is 9.47 Å². The maximum atomic E-state index is 12.9. The lowest BCUT2D eigenvalue weighted by Gasteiger charge is -2.43. The largest absolute Gasteiger partial charge is 0.340 e. The van der Waals surface area contributed by atoms with E-state index in [1.807, 2.05) is 12.3 Å². The van der Waals surface area contributed by atoms with Gasteiger partial charge in [-0.15, -0.1) is 0 Å². The Morgan fingerprint density at radius 1 is 1.19 bits per heavy atom. The van der Waals surface area contributed by atoms with Gasteiger partial charge in [0.15, 0.2) is 0 Å². The predicted molar refractivity (Wildman–Crippen MR) is 105 cm³/mol. The van der Waals surface area contributed by atoms with Crippen molar-refractivity contribution in [3.63, 3.8) is 0 Å². The number of carbonyl (C=O) groups excluding carboxylic acids is 1. The van der Waals surface area contributed by atoms with Gasteiger partial charge in [-0.3, -0.25) is 9.69 Å². The minimum atomic E-state index is 0.0300. The first-order valence-corrected chi connectivity index (χ1v) is 10.2. The summed E-state index contributed by atoms with van der Waals surface area (Å²) >= 11 is 0. The third-order valence-corrected chi connectivity index (χ3v) is 7.02. The van der Waals surface area contributed by atoms with Crippen LogP contribution < -0.4 is 0 Å². The molecular formula is C22H28N4O. The maximum absolute atomic E-state index is 12.9. The summed E-state index contributed by atoms with van der Waals surface area (Å²) in [5.74, 6) is 2.50. The normalized spacial score (nSPS) is 30.4. The molecular weight excluding hydrogens is 336 g/mol. The van der Waals surface area contributed by atoms with Crippen LogP contribution in [0.15, 0.2) is 36.5 Å². The molecule has 5 heteroatoms. The molecule has 0 N–H and O–H groups in total. The molecule has 1 aromatic carbocycles. The third kappa shape index (κ3) is 2.71. The van der Waals surface area contributed by atoms with E-state index in [-0.39, 0.29) is 11.5 Å². The molecule has 1 spiro atoms. The van der Waals surface area contributed by atoms with Crippen LogP contribution in [0.25, 0.3) is 11.3 Å². The average Bonchev–Trinajstić information content (AvgIpc) is 3.25. The molecule has 1 aromatic heterocycles. The van der Waals surface area contributed by atoms with Crippen molar-refractivity contribution in [2.75, 3.05) is 20.1 Å². The fraction of sp³-hybridized carbons (Fsp3) is 0.545. The van der Waals surface area contributed by atoms with Crippen molar-refractivity contribution >= 4 is 5.91 Å². The van der Waals surface area contributed by atoms with Crippen LogP contribution in [-0.2, 0) is 17.9 Å². The van der Waals surface area contributed by atoms with Gasteiger partial charge in [-0.05, 0) is 37.8 Å². The number of likely N-dealkylation sites (N-methyl/N-ethyl adjacent to an activating group) is 1. The minimum Gasteiger partial charge on any atom is -0.340 e. The molecule has 1 atom stereocenters. The molecule has 0 radical (unpaired) electrons. The molecule has 3 heterocycles. The van der Waals surface area contributed by atoms with Gasteiger partial charge in [0, 0.05) is 25.6 Å². The Morgan fingerprint density at radius 2 is 1.96 bits per heavy atom. The summed E-state index contributed by atoms with van der Waals surface area (Å²) in [5, 5.41) is 0. The van der Waals surface area contributed by atoms with Crippen molar-refractivity contribution < 1.29 is 4.79 Å². The van der Waals surface area contributed by atoms with Crippen molar-refractivity contribution in [3.8, 4) is 11.3 Å². The Morgan fingerprint density at radius 3 is 2.70 bits per heavy atom. The van der Waals surface area contributed by atoms with Gasteiger partial charge in [-0.25, -0.2) is 4.98 Å². The first-order valence-electron chi connectivity index (χ1n) is 10.2. The standard InChI is InChI=1S/C22H28N4O/c1-16-10-18(11-16)21(27)25-9-8-22(14-25)15-26-19(17-6-4-3-5-7-17)12-23-20(26)13-24(22)2/h3-7,12,16,18H,8-11,13-15H2,1-2H3. The number of hydrogen-bond donors (Lipinski definition) is 0. The number of aromatic nitrogens is 2. The summed E-state index contributed by atoms with van der Waals surface area (Å²) in [6.07, 6.45) is 5.19. The third-order valence-electron chi connectivity index (χ3n) is 7.02. The smallest absolute Gasteiger partial charge is 0.225 e. The molecule has 27 heavy (non-hydrogen) atoms. The first kappa shape index (κ1) is 17.0. The highest BCUT2D eigenvalue weighted by Crippen LogP contribution is 2.39. The van der Waals surface area contributed by atoms with E-state index in [2.05, 4.69) is 52.6 Å². The molecule has 1 amide bonds. The van der Waals surface area contributed by atoms with Crippen molar-refractivity contribution in [1.29, 1.82) is 0 Å². The molecule has 2 aliphatic heterocycles. The van der Waals surface area contributed by atoms with E-state index in [4.69, 9.17) is 4.98 Å². The summed E-state index contributed by atoms with van der Waals surface area (Å²) in [4.78, 5) is 22.1. The minimum absolute atomic E-state index is 0.0300. The molecule has 5 rings (SSSR count). The lowest BCUT2D eigenvalue weighted by atomic mass is 9.75. The van der Waals surface area contributed by atoms with Crippen LogP contribution in [0.1, 0.15) is 32.0 Å². The fourth-order valence-electron chi connectivity index (χ4n) is 5.20. The van der Waals surface area contributed by atoms with Gasteiger partial charge >= 0.3 is 0 Å². The number of likely N-dealkylation sites (tertiary alicyclic amines) is 1. The number of carbonyl (C=O) groups is 1. The zero-order valence-electron chi connectivity index (χ0n) is 16.3. The SMILES string of the molecule is CC1CC(C(=O)N2CCC3(C2)Cn2c(-c4ccccc4)cnc2CN3C)C1. The lowest BCUT2D eigenvalue weighted by molar-refractivity contribution is -0.139. The van der Waals surface area contributed by atoms with Crippen LogP contribution in [0, 0.1) is 11.8 Å². The highest BCUT2D eigenvalue weighted by Gasteiger charge is 2.48. The Labute approximate surface area is 161 Å². The average molecular weight is 364 g/mol. The zero-order chi connectivity index (χ0) is 18.6. The Bertz CT molecular complexity index is 854. The zero-order valence-corrected chi connectivity index (χ0v) is 16.3. The molecule has 142 valence electrons. The molecule has 1 saturated carbocycles. The number of hydrogen-bond acceptors (Lipinski definition) is 3. The summed E-state index contributed by atoms with van der Waals surface area (Å²) < 4.78 is 2.38. The number of amides is 1. The monoisotopic (exact) mass is 364 g/mol. The fourth-order valence-corrected chi connectivity index (χ4v) is 5.20. The molecule has 3 aliphatic rings. The van der Waals surface area contributed by atoms with E-state index in [9.17, 15) is 4.79 Å². The van der Waals surface area contributed by atoms with E-state index >= 15 is 0 Å². The highest BCUT2D eigenvalue weighted by molar-refractivity contribution is 5.80. The summed E-state index contributed by atoms with van der Waals surface area (Å²) in [5.41, 5.74) is 2.43. The molecule has 5 nitrogen and oxygen atoms in total. The first-order chi connectivity index (χ1) is 13.1. The molecule has 1 saturated heterocycles. The lowest BCUT2D eigenvalue weighted by Crippen LogP contribution is -2.55. The number of nitrogens with zero attached hydrogens (tertiary/aromatic N) is 4.